The predicted molar refractivity (Wildman–Crippen MR) is 63.1 cm³/mol. The maximum Gasteiger partial charge on any atom is 0.316 e. The van der Waals surface area contributed by atoms with Crippen molar-refractivity contribution in [2.24, 2.45) is 5.92 Å². The molecule has 0 bridgehead atoms. The Bertz CT molecular complexity index is 407. The summed E-state index contributed by atoms with van der Waals surface area (Å²) in [4.78, 5) is 20.4. The number of hydrogen-bond donors (Lipinski definition) is 3. The molecule has 0 saturated heterocycles. The Morgan fingerprint density at radius 1 is 1.44 bits per heavy atom. The molecule has 100 valence electrons. The minimum absolute atomic E-state index is 0.0101. The number of aromatic nitrogens is 3. The van der Waals surface area contributed by atoms with Crippen LogP contribution in [0.5, 0.6) is 0 Å². The zero-order chi connectivity index (χ0) is 13.0. The molecule has 8 nitrogen and oxygen atoms in total. The Labute approximate surface area is 104 Å². The third kappa shape index (κ3) is 3.46. The van der Waals surface area contributed by atoms with Gasteiger partial charge in [0.25, 0.3) is 0 Å². The number of hydrogen-bond acceptors (Lipinski definition) is 7. The fourth-order valence-corrected chi connectivity index (χ4v) is 2.71. The summed E-state index contributed by atoms with van der Waals surface area (Å²) in [5, 5.41) is 12.3. The number of anilines is 1. The third-order valence-electron chi connectivity index (χ3n) is 2.94. The molecule has 1 aliphatic carbocycles. The van der Waals surface area contributed by atoms with Gasteiger partial charge < -0.3 is 19.8 Å². The Hall–Kier alpha value is -1.08. The molecule has 1 aliphatic rings. The SMILES string of the molecule is O=[PH](O)O[C@H]1C[C@H](Nc2ncncn2)C[C@@H]1CO. The number of rotatable bonds is 5. The molecule has 0 aromatic carbocycles. The zero-order valence-electron chi connectivity index (χ0n) is 9.56. The van der Waals surface area contributed by atoms with Crippen molar-refractivity contribution in [3.8, 4) is 0 Å². The molecule has 1 fully saturated rings. The molecule has 1 unspecified atom stereocenters. The van der Waals surface area contributed by atoms with Crippen molar-refractivity contribution in [3.05, 3.63) is 12.7 Å². The molecule has 3 N–H and O–H groups in total. The Kier molecular flexibility index (Phi) is 4.60. The Balaban J connectivity index is 1.94. The van der Waals surface area contributed by atoms with Crippen molar-refractivity contribution in [2.75, 3.05) is 11.9 Å². The Morgan fingerprint density at radius 2 is 2.17 bits per heavy atom. The first-order chi connectivity index (χ1) is 8.69. The van der Waals surface area contributed by atoms with E-state index in [1.165, 1.54) is 12.7 Å². The highest BCUT2D eigenvalue weighted by Gasteiger charge is 2.35. The second kappa shape index (κ2) is 6.19. The average Bonchev–Trinajstić information content (AvgIpc) is 2.71. The quantitative estimate of drug-likeness (QED) is 0.633. The summed E-state index contributed by atoms with van der Waals surface area (Å²) in [6, 6.07) is 0.0101. The van der Waals surface area contributed by atoms with Crippen LogP contribution in [-0.4, -0.2) is 43.7 Å². The first-order valence-electron chi connectivity index (χ1n) is 5.58. The standard InChI is InChI=1S/C9H15N4O4P/c14-3-6-1-7(2-8(6)17-18(15)16)13-9-11-4-10-5-12-9/h4-8,14,18H,1-3H2,(H,15,16)(H,10,11,12,13)/t6-,7-,8+/m1/s1. The van der Waals surface area contributed by atoms with Crippen LogP contribution in [0.3, 0.4) is 0 Å². The third-order valence-corrected chi connectivity index (χ3v) is 3.45. The topological polar surface area (TPSA) is 117 Å². The van der Waals surface area contributed by atoms with Crippen LogP contribution in [0, 0.1) is 5.92 Å². The minimum Gasteiger partial charge on any atom is -0.396 e. The molecule has 0 amide bonds. The lowest BCUT2D eigenvalue weighted by Crippen LogP contribution is -2.19. The molecule has 0 spiro atoms. The molecule has 1 aromatic heterocycles. The summed E-state index contributed by atoms with van der Waals surface area (Å²) in [6.45, 7) is -0.0742. The van der Waals surface area contributed by atoms with Crippen LogP contribution in [0.1, 0.15) is 12.8 Å². The van der Waals surface area contributed by atoms with Gasteiger partial charge in [-0.3, -0.25) is 4.57 Å². The number of aliphatic hydroxyl groups excluding tert-OH is 1. The lowest BCUT2D eigenvalue weighted by atomic mass is 10.1. The monoisotopic (exact) mass is 274 g/mol. The molecule has 4 atom stereocenters. The highest BCUT2D eigenvalue weighted by molar-refractivity contribution is 7.32. The van der Waals surface area contributed by atoms with Gasteiger partial charge >= 0.3 is 8.25 Å². The van der Waals surface area contributed by atoms with E-state index in [0.29, 0.717) is 18.8 Å². The van der Waals surface area contributed by atoms with Crippen molar-refractivity contribution < 1.29 is 19.1 Å². The van der Waals surface area contributed by atoms with Gasteiger partial charge in [0.15, 0.2) is 0 Å². The van der Waals surface area contributed by atoms with Crippen molar-refractivity contribution in [3.63, 3.8) is 0 Å². The highest BCUT2D eigenvalue weighted by atomic mass is 31.1. The second-order valence-electron chi connectivity index (χ2n) is 4.14. The van der Waals surface area contributed by atoms with E-state index in [9.17, 15) is 9.67 Å². The largest absolute Gasteiger partial charge is 0.396 e. The summed E-state index contributed by atoms with van der Waals surface area (Å²) in [6.07, 6.45) is 3.53. The maximum absolute atomic E-state index is 10.7. The molecule has 9 heteroatoms. The van der Waals surface area contributed by atoms with Crippen LogP contribution in [0.15, 0.2) is 12.7 Å². The first kappa shape index (κ1) is 13.4. The summed E-state index contributed by atoms with van der Waals surface area (Å²) >= 11 is 0. The van der Waals surface area contributed by atoms with E-state index in [2.05, 4.69) is 20.3 Å². The molecule has 0 radical (unpaired) electrons. The first-order valence-corrected chi connectivity index (χ1v) is 6.84. The van der Waals surface area contributed by atoms with Crippen molar-refractivity contribution in [2.45, 2.75) is 25.0 Å². The normalized spacial score (nSPS) is 29.1. The summed E-state index contributed by atoms with van der Waals surface area (Å²) in [5.74, 6) is 0.300. The van der Waals surface area contributed by atoms with Crippen LogP contribution < -0.4 is 5.32 Å². The fraction of sp³-hybridized carbons (Fsp3) is 0.667. The van der Waals surface area contributed by atoms with Gasteiger partial charge in [-0.1, -0.05) is 0 Å². The van der Waals surface area contributed by atoms with Gasteiger partial charge in [0.05, 0.1) is 6.10 Å². The smallest absolute Gasteiger partial charge is 0.316 e. The zero-order valence-corrected chi connectivity index (χ0v) is 10.6. The van der Waals surface area contributed by atoms with Crippen LogP contribution in [0.4, 0.5) is 5.95 Å². The fourth-order valence-electron chi connectivity index (χ4n) is 2.17. The van der Waals surface area contributed by atoms with Crippen LogP contribution in [0.25, 0.3) is 0 Å². The van der Waals surface area contributed by atoms with E-state index < -0.39 is 14.4 Å². The molecule has 1 saturated carbocycles. The van der Waals surface area contributed by atoms with E-state index in [1.54, 1.807) is 0 Å². The van der Waals surface area contributed by atoms with Crippen molar-refractivity contribution >= 4 is 14.2 Å². The van der Waals surface area contributed by atoms with Gasteiger partial charge in [0, 0.05) is 18.6 Å². The number of nitrogens with one attached hydrogen (secondary N) is 1. The number of aliphatic hydroxyl groups is 1. The van der Waals surface area contributed by atoms with E-state index in [4.69, 9.17) is 9.42 Å². The van der Waals surface area contributed by atoms with Crippen LogP contribution in [0.2, 0.25) is 0 Å². The Morgan fingerprint density at radius 3 is 2.78 bits per heavy atom. The summed E-state index contributed by atoms with van der Waals surface area (Å²) < 4.78 is 15.6. The molecule has 18 heavy (non-hydrogen) atoms. The van der Waals surface area contributed by atoms with Crippen molar-refractivity contribution in [1.82, 2.24) is 15.0 Å². The molecule has 1 aromatic rings. The molecule has 2 rings (SSSR count). The molecular weight excluding hydrogens is 259 g/mol. The molecular formula is C9H15N4O4P. The van der Waals surface area contributed by atoms with Gasteiger partial charge in [-0.05, 0) is 12.8 Å². The molecule has 1 heterocycles. The van der Waals surface area contributed by atoms with Gasteiger partial charge in [0.1, 0.15) is 12.7 Å². The van der Waals surface area contributed by atoms with E-state index in [0.717, 1.165) is 0 Å². The second-order valence-corrected chi connectivity index (χ2v) is 4.91. The van der Waals surface area contributed by atoms with Gasteiger partial charge in [-0.2, -0.15) is 0 Å². The summed E-state index contributed by atoms with van der Waals surface area (Å²) in [7, 11) is -2.99. The van der Waals surface area contributed by atoms with E-state index in [1.807, 2.05) is 0 Å². The average molecular weight is 274 g/mol. The molecule has 0 aliphatic heterocycles. The van der Waals surface area contributed by atoms with Crippen LogP contribution in [-0.2, 0) is 9.09 Å². The summed E-state index contributed by atoms with van der Waals surface area (Å²) in [5.41, 5.74) is 0. The lowest BCUT2D eigenvalue weighted by Gasteiger charge is -2.14. The predicted octanol–water partition coefficient (Wildman–Crippen LogP) is -0.178. The van der Waals surface area contributed by atoms with E-state index >= 15 is 0 Å². The lowest BCUT2D eigenvalue weighted by molar-refractivity contribution is 0.106. The van der Waals surface area contributed by atoms with Crippen molar-refractivity contribution in [1.29, 1.82) is 0 Å². The number of nitrogens with zero attached hydrogens (tertiary/aromatic N) is 3. The van der Waals surface area contributed by atoms with E-state index in [-0.39, 0.29) is 18.6 Å². The van der Waals surface area contributed by atoms with Gasteiger partial charge in [-0.25, -0.2) is 15.0 Å². The minimum atomic E-state index is -2.99. The van der Waals surface area contributed by atoms with Gasteiger partial charge in [0.2, 0.25) is 5.95 Å². The van der Waals surface area contributed by atoms with Crippen LogP contribution >= 0.6 is 8.25 Å². The maximum atomic E-state index is 10.7. The highest BCUT2D eigenvalue weighted by Crippen LogP contribution is 2.35. The van der Waals surface area contributed by atoms with Gasteiger partial charge in [-0.15, -0.1) is 0 Å².